The summed E-state index contributed by atoms with van der Waals surface area (Å²) in [6, 6.07) is 3.27. The number of aryl methyl sites for hydroxylation is 1. The number of carboxylic acids is 1. The van der Waals surface area contributed by atoms with Crippen molar-refractivity contribution in [1.82, 2.24) is 5.32 Å². The van der Waals surface area contributed by atoms with E-state index in [1.807, 2.05) is 0 Å². The summed E-state index contributed by atoms with van der Waals surface area (Å²) in [6.07, 6.45) is -0.0293. The van der Waals surface area contributed by atoms with Crippen LogP contribution in [0.5, 0.6) is 0 Å². The number of hydrogen-bond acceptors (Lipinski definition) is 3. The zero-order valence-corrected chi connectivity index (χ0v) is 10.9. The smallest absolute Gasteiger partial charge is 0.325 e. The number of halogens is 1. The van der Waals surface area contributed by atoms with Crippen molar-refractivity contribution in [2.75, 3.05) is 5.32 Å². The molecule has 0 saturated heterocycles. The second-order valence-electron chi connectivity index (χ2n) is 4.21. The molecule has 0 atom stereocenters. The fraction of sp³-hybridized carbons (Fsp3) is 0.308. The van der Waals surface area contributed by atoms with E-state index in [9.17, 15) is 18.8 Å². The highest BCUT2D eigenvalue weighted by atomic mass is 19.1. The van der Waals surface area contributed by atoms with Crippen LogP contribution in [0.15, 0.2) is 18.2 Å². The van der Waals surface area contributed by atoms with Crippen LogP contribution in [0.25, 0.3) is 0 Å². The van der Waals surface area contributed by atoms with E-state index >= 15 is 0 Å². The van der Waals surface area contributed by atoms with E-state index in [0.29, 0.717) is 11.3 Å². The average molecular weight is 282 g/mol. The number of anilines is 1. The number of benzene rings is 1. The Morgan fingerprint density at radius 1 is 1.25 bits per heavy atom. The number of hydrogen-bond donors (Lipinski definition) is 3. The van der Waals surface area contributed by atoms with Gasteiger partial charge in [0.2, 0.25) is 5.91 Å². The highest BCUT2D eigenvalue weighted by molar-refractivity contribution is 6.01. The van der Waals surface area contributed by atoms with Crippen LogP contribution in [-0.2, 0) is 9.59 Å². The molecule has 108 valence electrons. The molecule has 0 aromatic heterocycles. The van der Waals surface area contributed by atoms with Gasteiger partial charge < -0.3 is 10.4 Å². The van der Waals surface area contributed by atoms with E-state index in [-0.39, 0.29) is 25.1 Å². The van der Waals surface area contributed by atoms with E-state index in [1.54, 1.807) is 6.92 Å². The molecule has 7 heteroatoms. The predicted octanol–water partition coefficient (Wildman–Crippen LogP) is 2.04. The van der Waals surface area contributed by atoms with Crippen LogP contribution in [0.4, 0.5) is 14.9 Å². The van der Waals surface area contributed by atoms with E-state index < -0.39 is 17.9 Å². The fourth-order valence-corrected chi connectivity index (χ4v) is 1.47. The lowest BCUT2D eigenvalue weighted by molar-refractivity contribution is -0.137. The van der Waals surface area contributed by atoms with Gasteiger partial charge in [0.05, 0.1) is 0 Å². The third-order valence-electron chi connectivity index (χ3n) is 2.46. The van der Waals surface area contributed by atoms with Crippen molar-refractivity contribution >= 4 is 23.6 Å². The van der Waals surface area contributed by atoms with Gasteiger partial charge in [0.1, 0.15) is 5.82 Å². The lowest BCUT2D eigenvalue weighted by Gasteiger charge is -2.07. The Morgan fingerprint density at radius 2 is 1.95 bits per heavy atom. The molecule has 0 spiro atoms. The predicted molar refractivity (Wildman–Crippen MR) is 69.8 cm³/mol. The van der Waals surface area contributed by atoms with Crippen LogP contribution < -0.4 is 10.6 Å². The Morgan fingerprint density at radius 3 is 2.55 bits per heavy atom. The number of urea groups is 1. The number of nitrogens with one attached hydrogen (secondary N) is 2. The van der Waals surface area contributed by atoms with Crippen molar-refractivity contribution in [2.45, 2.75) is 26.2 Å². The molecule has 0 unspecified atom stereocenters. The molecule has 3 N–H and O–H groups in total. The van der Waals surface area contributed by atoms with Crippen molar-refractivity contribution in [2.24, 2.45) is 0 Å². The normalized spacial score (nSPS) is 9.90. The SMILES string of the molecule is Cc1cc(NC(=O)NC(=O)CCCC(=O)O)ccc1F. The molecule has 1 aromatic carbocycles. The first kappa shape index (κ1) is 15.6. The minimum absolute atomic E-state index is 0.0534. The molecular formula is C13H15FN2O4. The van der Waals surface area contributed by atoms with Gasteiger partial charge in [0, 0.05) is 18.5 Å². The molecular weight excluding hydrogens is 267 g/mol. The highest BCUT2D eigenvalue weighted by Crippen LogP contribution is 2.13. The van der Waals surface area contributed by atoms with E-state index in [2.05, 4.69) is 10.6 Å². The van der Waals surface area contributed by atoms with Crippen molar-refractivity contribution in [3.63, 3.8) is 0 Å². The van der Waals surface area contributed by atoms with E-state index in [1.165, 1.54) is 18.2 Å². The first-order chi connectivity index (χ1) is 9.38. The zero-order valence-electron chi connectivity index (χ0n) is 10.9. The molecule has 20 heavy (non-hydrogen) atoms. The Hall–Kier alpha value is -2.44. The zero-order chi connectivity index (χ0) is 15.1. The molecule has 0 heterocycles. The molecule has 0 bridgehead atoms. The Kier molecular flexibility index (Phi) is 5.64. The van der Waals surface area contributed by atoms with Gasteiger partial charge >= 0.3 is 12.0 Å². The van der Waals surface area contributed by atoms with Gasteiger partial charge in [-0.3, -0.25) is 14.9 Å². The first-order valence-electron chi connectivity index (χ1n) is 5.97. The van der Waals surface area contributed by atoms with Gasteiger partial charge in [-0.15, -0.1) is 0 Å². The fourth-order valence-electron chi connectivity index (χ4n) is 1.47. The summed E-state index contributed by atoms with van der Waals surface area (Å²) in [5.41, 5.74) is 0.732. The molecule has 0 fully saturated rings. The third kappa shape index (κ3) is 5.47. The summed E-state index contributed by atoms with van der Waals surface area (Å²) >= 11 is 0. The first-order valence-corrected chi connectivity index (χ1v) is 5.97. The monoisotopic (exact) mass is 282 g/mol. The minimum Gasteiger partial charge on any atom is -0.481 e. The average Bonchev–Trinajstić information content (AvgIpc) is 2.33. The maximum Gasteiger partial charge on any atom is 0.325 e. The van der Waals surface area contributed by atoms with Gasteiger partial charge in [0.25, 0.3) is 0 Å². The van der Waals surface area contributed by atoms with Crippen molar-refractivity contribution < 1.29 is 23.9 Å². The van der Waals surface area contributed by atoms with E-state index in [4.69, 9.17) is 5.11 Å². The lowest BCUT2D eigenvalue weighted by atomic mass is 10.2. The topological polar surface area (TPSA) is 95.5 Å². The number of rotatable bonds is 5. The standard InChI is InChI=1S/C13H15FN2O4/c1-8-7-9(5-6-10(8)14)15-13(20)16-11(17)3-2-4-12(18)19/h5-7H,2-4H2,1H3,(H,18,19)(H2,15,16,17,20). The highest BCUT2D eigenvalue weighted by Gasteiger charge is 2.09. The maximum absolute atomic E-state index is 13.0. The molecule has 1 rings (SSSR count). The van der Waals surface area contributed by atoms with Gasteiger partial charge in [-0.2, -0.15) is 0 Å². The summed E-state index contributed by atoms with van der Waals surface area (Å²) in [6.45, 7) is 1.55. The maximum atomic E-state index is 13.0. The van der Waals surface area contributed by atoms with Crippen LogP contribution in [0.2, 0.25) is 0 Å². The second kappa shape index (κ2) is 7.22. The van der Waals surface area contributed by atoms with Gasteiger partial charge in [-0.25, -0.2) is 9.18 Å². The van der Waals surface area contributed by atoms with Gasteiger partial charge in [-0.1, -0.05) is 0 Å². The summed E-state index contributed by atoms with van der Waals surface area (Å²) in [5, 5.41) is 12.9. The summed E-state index contributed by atoms with van der Waals surface area (Å²) in [4.78, 5) is 33.0. The molecule has 0 aliphatic heterocycles. The van der Waals surface area contributed by atoms with Gasteiger partial charge in [0.15, 0.2) is 0 Å². The van der Waals surface area contributed by atoms with Crippen LogP contribution in [0.3, 0.4) is 0 Å². The third-order valence-corrected chi connectivity index (χ3v) is 2.46. The minimum atomic E-state index is -0.996. The molecule has 6 nitrogen and oxygen atoms in total. The lowest BCUT2D eigenvalue weighted by Crippen LogP contribution is -2.34. The summed E-state index contributed by atoms with van der Waals surface area (Å²) < 4.78 is 13.0. The molecule has 0 radical (unpaired) electrons. The molecule has 3 amide bonds. The van der Waals surface area contributed by atoms with Crippen LogP contribution >= 0.6 is 0 Å². The van der Waals surface area contributed by atoms with Crippen LogP contribution in [0, 0.1) is 12.7 Å². The van der Waals surface area contributed by atoms with Crippen molar-refractivity contribution in [3.8, 4) is 0 Å². The summed E-state index contributed by atoms with van der Waals surface area (Å²) in [7, 11) is 0. The summed E-state index contributed by atoms with van der Waals surface area (Å²) in [5.74, 6) is -1.95. The number of carbonyl (C=O) groups excluding carboxylic acids is 2. The van der Waals surface area contributed by atoms with Crippen molar-refractivity contribution in [3.05, 3.63) is 29.6 Å². The number of imide groups is 1. The number of carboxylic acid groups (broad SMARTS) is 1. The molecule has 0 aliphatic rings. The van der Waals surface area contributed by atoms with Crippen LogP contribution in [-0.4, -0.2) is 23.0 Å². The van der Waals surface area contributed by atoms with E-state index in [0.717, 1.165) is 0 Å². The quantitative estimate of drug-likeness (QED) is 0.770. The number of carbonyl (C=O) groups is 3. The Labute approximate surface area is 115 Å². The molecule has 0 saturated carbocycles. The van der Waals surface area contributed by atoms with Crippen molar-refractivity contribution in [1.29, 1.82) is 0 Å². The number of amides is 3. The molecule has 0 aliphatic carbocycles. The second-order valence-corrected chi connectivity index (χ2v) is 4.21. The largest absolute Gasteiger partial charge is 0.481 e. The Balaban J connectivity index is 2.41. The van der Waals surface area contributed by atoms with Gasteiger partial charge in [-0.05, 0) is 37.1 Å². The molecule has 1 aromatic rings. The number of aliphatic carboxylic acids is 1. The van der Waals surface area contributed by atoms with Crippen LogP contribution in [0.1, 0.15) is 24.8 Å². The Bertz CT molecular complexity index is 531.